The number of rotatable bonds is 15. The first-order chi connectivity index (χ1) is 14.6. The SMILES string of the molecule is C=CCCCC.C=CCCCC.C=CCCCC.C=CCCCC.C=CCCCC. The normalized spacial score (nSPS) is 8.17. The molecular formula is C30H60. The summed E-state index contributed by atoms with van der Waals surface area (Å²) in [6.45, 7) is 28.9. The first kappa shape index (κ1) is 39.2. The molecule has 0 aromatic heterocycles. The molecule has 0 heteroatoms. The number of hydrogen-bond acceptors (Lipinski definition) is 0. The fourth-order valence-electron chi connectivity index (χ4n) is 1.74. The zero-order chi connectivity index (χ0) is 24.1. The summed E-state index contributed by atoms with van der Waals surface area (Å²) < 4.78 is 0. The highest BCUT2D eigenvalue weighted by molar-refractivity contribution is 4.66. The van der Waals surface area contributed by atoms with Crippen LogP contribution >= 0.6 is 0 Å². The van der Waals surface area contributed by atoms with Gasteiger partial charge in [-0.05, 0) is 32.1 Å². The highest BCUT2D eigenvalue weighted by Gasteiger charge is 1.73. The van der Waals surface area contributed by atoms with E-state index in [2.05, 4.69) is 67.5 Å². The van der Waals surface area contributed by atoms with Crippen molar-refractivity contribution in [1.29, 1.82) is 0 Å². The van der Waals surface area contributed by atoms with Gasteiger partial charge in [-0.25, -0.2) is 0 Å². The second-order valence-corrected chi connectivity index (χ2v) is 7.15. The second kappa shape index (κ2) is 56.5. The summed E-state index contributed by atoms with van der Waals surface area (Å²) in [4.78, 5) is 0. The number of unbranched alkanes of at least 4 members (excludes halogenated alkanes) is 10. The zero-order valence-corrected chi connectivity index (χ0v) is 22.0. The van der Waals surface area contributed by atoms with Crippen LogP contribution in [0.25, 0.3) is 0 Å². The van der Waals surface area contributed by atoms with Crippen LogP contribution in [-0.4, -0.2) is 0 Å². The summed E-state index contributed by atoms with van der Waals surface area (Å²) in [5.74, 6) is 0. The third kappa shape index (κ3) is 94.0. The zero-order valence-electron chi connectivity index (χ0n) is 22.0. The maximum Gasteiger partial charge on any atom is -0.0354 e. The molecule has 0 aliphatic carbocycles. The molecule has 0 unspecified atom stereocenters. The van der Waals surface area contributed by atoms with Crippen molar-refractivity contribution < 1.29 is 0 Å². The van der Waals surface area contributed by atoms with Crippen molar-refractivity contribution in [2.75, 3.05) is 0 Å². The summed E-state index contributed by atoms with van der Waals surface area (Å²) in [6.07, 6.45) is 28.6. The van der Waals surface area contributed by atoms with E-state index in [1.807, 2.05) is 30.4 Å². The topological polar surface area (TPSA) is 0 Å². The minimum Gasteiger partial charge on any atom is -0.103 e. The van der Waals surface area contributed by atoms with E-state index in [1.54, 1.807) is 0 Å². The van der Waals surface area contributed by atoms with Gasteiger partial charge in [0.1, 0.15) is 0 Å². The van der Waals surface area contributed by atoms with Crippen LogP contribution in [0.4, 0.5) is 0 Å². The van der Waals surface area contributed by atoms with E-state index < -0.39 is 0 Å². The molecule has 0 radical (unpaired) electrons. The Morgan fingerprint density at radius 2 is 0.467 bits per heavy atom. The molecule has 0 saturated heterocycles. The molecule has 0 bridgehead atoms. The van der Waals surface area contributed by atoms with Crippen molar-refractivity contribution in [3.8, 4) is 0 Å². The molecule has 0 heterocycles. The van der Waals surface area contributed by atoms with Crippen LogP contribution in [0, 0.1) is 0 Å². The highest BCUT2D eigenvalue weighted by atomic mass is 13.8. The Kier molecular flexibility index (Phi) is 73.8. The Morgan fingerprint density at radius 1 is 0.333 bits per heavy atom. The lowest BCUT2D eigenvalue weighted by Crippen LogP contribution is -1.61. The standard InChI is InChI=1S/5C6H12/c5*1-3-5-6-4-2/h5*3H,1,4-6H2,2H3. The van der Waals surface area contributed by atoms with Crippen LogP contribution < -0.4 is 0 Å². The Labute approximate surface area is 194 Å². The predicted octanol–water partition coefficient (Wildman–Crippen LogP) is 11.8. The predicted molar refractivity (Wildman–Crippen MR) is 149 cm³/mol. The van der Waals surface area contributed by atoms with Crippen molar-refractivity contribution in [2.45, 2.75) is 131 Å². The lowest BCUT2D eigenvalue weighted by molar-refractivity contribution is 0.816. The van der Waals surface area contributed by atoms with Crippen LogP contribution in [0.2, 0.25) is 0 Å². The van der Waals surface area contributed by atoms with Gasteiger partial charge in [-0.3, -0.25) is 0 Å². The molecule has 0 aromatic rings. The fourth-order valence-corrected chi connectivity index (χ4v) is 1.74. The van der Waals surface area contributed by atoms with E-state index in [9.17, 15) is 0 Å². The van der Waals surface area contributed by atoms with Crippen LogP contribution in [0.3, 0.4) is 0 Å². The smallest absolute Gasteiger partial charge is 0.0354 e. The van der Waals surface area contributed by atoms with Gasteiger partial charge in [0, 0.05) is 0 Å². The average molecular weight is 421 g/mol. The molecule has 0 fully saturated rings. The van der Waals surface area contributed by atoms with Gasteiger partial charge in [-0.2, -0.15) is 0 Å². The van der Waals surface area contributed by atoms with Crippen molar-refractivity contribution in [2.24, 2.45) is 0 Å². The summed E-state index contributed by atoms with van der Waals surface area (Å²) >= 11 is 0. The summed E-state index contributed by atoms with van der Waals surface area (Å²) in [5.41, 5.74) is 0. The number of allylic oxidation sites excluding steroid dienone is 5. The maximum atomic E-state index is 3.60. The molecule has 0 saturated carbocycles. The first-order valence-corrected chi connectivity index (χ1v) is 12.6. The van der Waals surface area contributed by atoms with Crippen LogP contribution in [-0.2, 0) is 0 Å². The molecule has 0 aromatic carbocycles. The Bertz CT molecular complexity index is 215. The molecular weight excluding hydrogens is 360 g/mol. The van der Waals surface area contributed by atoms with Crippen LogP contribution in [0.15, 0.2) is 63.3 Å². The van der Waals surface area contributed by atoms with Gasteiger partial charge >= 0.3 is 0 Å². The summed E-state index contributed by atoms with van der Waals surface area (Å²) in [5, 5.41) is 0. The van der Waals surface area contributed by atoms with Gasteiger partial charge < -0.3 is 0 Å². The molecule has 0 atom stereocenters. The minimum atomic E-state index is 1.18. The van der Waals surface area contributed by atoms with Gasteiger partial charge in [0.05, 0.1) is 0 Å². The third-order valence-electron chi connectivity index (χ3n) is 3.81. The second-order valence-electron chi connectivity index (χ2n) is 7.15. The molecule has 0 aliphatic heterocycles. The molecule has 0 rings (SSSR count). The van der Waals surface area contributed by atoms with Gasteiger partial charge in [-0.15, -0.1) is 32.9 Å². The molecule has 0 nitrogen and oxygen atoms in total. The summed E-state index contributed by atoms with van der Waals surface area (Å²) in [6, 6.07) is 0. The first-order valence-electron chi connectivity index (χ1n) is 12.6. The minimum absolute atomic E-state index is 1.18. The molecule has 0 N–H and O–H groups in total. The molecule has 0 amide bonds. The van der Waals surface area contributed by atoms with Crippen LogP contribution in [0.5, 0.6) is 0 Å². The Morgan fingerprint density at radius 3 is 0.500 bits per heavy atom. The quantitative estimate of drug-likeness (QED) is 0.182. The van der Waals surface area contributed by atoms with E-state index in [4.69, 9.17) is 0 Å². The average Bonchev–Trinajstić information content (AvgIpc) is 2.78. The van der Waals surface area contributed by atoms with Gasteiger partial charge in [0.2, 0.25) is 0 Å². The molecule has 30 heavy (non-hydrogen) atoms. The monoisotopic (exact) mass is 420 g/mol. The lowest BCUT2D eigenvalue weighted by atomic mass is 10.3. The van der Waals surface area contributed by atoms with Gasteiger partial charge in [0.15, 0.2) is 0 Å². The van der Waals surface area contributed by atoms with Crippen molar-refractivity contribution in [3.05, 3.63) is 63.3 Å². The maximum absolute atomic E-state index is 3.60. The fraction of sp³-hybridized carbons (Fsp3) is 0.667. The van der Waals surface area contributed by atoms with E-state index in [0.29, 0.717) is 0 Å². The van der Waals surface area contributed by atoms with Gasteiger partial charge in [-0.1, -0.05) is 129 Å². The van der Waals surface area contributed by atoms with Crippen molar-refractivity contribution in [3.63, 3.8) is 0 Å². The van der Waals surface area contributed by atoms with Crippen LogP contribution in [0.1, 0.15) is 131 Å². The Balaban J connectivity index is -0.0000000868. The molecule has 0 spiro atoms. The molecule has 0 aliphatic rings. The van der Waals surface area contributed by atoms with Crippen molar-refractivity contribution in [1.82, 2.24) is 0 Å². The van der Waals surface area contributed by atoms with E-state index in [0.717, 1.165) is 0 Å². The summed E-state index contributed by atoms with van der Waals surface area (Å²) in [7, 11) is 0. The van der Waals surface area contributed by atoms with E-state index in [1.165, 1.54) is 96.3 Å². The van der Waals surface area contributed by atoms with Gasteiger partial charge in [0.25, 0.3) is 0 Å². The largest absolute Gasteiger partial charge is 0.103 e. The highest BCUT2D eigenvalue weighted by Crippen LogP contribution is 1.93. The lowest BCUT2D eigenvalue weighted by Gasteiger charge is -1.81. The van der Waals surface area contributed by atoms with Crippen molar-refractivity contribution >= 4 is 0 Å². The third-order valence-corrected chi connectivity index (χ3v) is 3.81. The van der Waals surface area contributed by atoms with E-state index in [-0.39, 0.29) is 0 Å². The number of hydrogen-bond donors (Lipinski definition) is 0. The van der Waals surface area contributed by atoms with E-state index >= 15 is 0 Å². The Hall–Kier alpha value is -1.30. The molecule has 180 valence electrons.